The molecule has 0 saturated carbocycles. The van der Waals surface area contributed by atoms with Crippen molar-refractivity contribution in [3.8, 4) is 0 Å². The lowest BCUT2D eigenvalue weighted by molar-refractivity contribution is 0.165. The van der Waals surface area contributed by atoms with Gasteiger partial charge in [-0.3, -0.25) is 0 Å². The van der Waals surface area contributed by atoms with Crippen LogP contribution in [0, 0.1) is 5.92 Å². The molecule has 0 amide bonds. The first kappa shape index (κ1) is 12.5. The lowest BCUT2D eigenvalue weighted by atomic mass is 9.94. The highest BCUT2D eigenvalue weighted by Crippen LogP contribution is 2.37. The van der Waals surface area contributed by atoms with E-state index in [0.29, 0.717) is 12.0 Å². The van der Waals surface area contributed by atoms with Crippen LogP contribution in [-0.2, 0) is 6.42 Å². The van der Waals surface area contributed by atoms with E-state index in [1.807, 2.05) is 0 Å². The number of benzene rings is 1. The van der Waals surface area contributed by atoms with Crippen molar-refractivity contribution in [1.29, 1.82) is 0 Å². The Bertz CT molecular complexity index is 396. The van der Waals surface area contributed by atoms with Gasteiger partial charge in [-0.2, -0.15) is 0 Å². The molecule has 1 saturated heterocycles. The number of hydrogen-bond acceptors (Lipinski definition) is 3. The Hall–Kier alpha value is -0.510. The molecule has 0 aromatic heterocycles. The Kier molecular flexibility index (Phi) is 3.64. The molecule has 1 aromatic rings. The average molecular weight is 262 g/mol. The van der Waals surface area contributed by atoms with Gasteiger partial charge in [-0.05, 0) is 36.9 Å². The molecule has 2 heterocycles. The quantitative estimate of drug-likeness (QED) is 0.887. The molecule has 18 heavy (non-hydrogen) atoms. The summed E-state index contributed by atoms with van der Waals surface area (Å²) in [7, 11) is 0. The Morgan fingerprint density at radius 1 is 1.39 bits per heavy atom. The van der Waals surface area contributed by atoms with Crippen LogP contribution < -0.4 is 5.73 Å². The van der Waals surface area contributed by atoms with Crippen LogP contribution >= 0.6 is 11.8 Å². The molecule has 2 N–H and O–H groups in total. The van der Waals surface area contributed by atoms with E-state index in [2.05, 4.69) is 47.9 Å². The van der Waals surface area contributed by atoms with Gasteiger partial charge in [-0.15, -0.1) is 11.8 Å². The molecule has 3 unspecified atom stereocenters. The predicted molar refractivity (Wildman–Crippen MR) is 78.0 cm³/mol. The van der Waals surface area contributed by atoms with E-state index in [0.717, 1.165) is 11.7 Å². The molecular weight excluding hydrogens is 240 g/mol. The summed E-state index contributed by atoms with van der Waals surface area (Å²) in [6.07, 6.45) is 2.39. The summed E-state index contributed by atoms with van der Waals surface area (Å²) in [6, 6.07) is 9.25. The van der Waals surface area contributed by atoms with Crippen LogP contribution in [-0.4, -0.2) is 35.8 Å². The second kappa shape index (κ2) is 5.24. The summed E-state index contributed by atoms with van der Waals surface area (Å²) in [5.74, 6) is 0.646. The van der Waals surface area contributed by atoms with E-state index in [9.17, 15) is 0 Å². The van der Waals surface area contributed by atoms with E-state index in [1.54, 1.807) is 0 Å². The van der Waals surface area contributed by atoms with Gasteiger partial charge in [0.05, 0.1) is 0 Å². The van der Waals surface area contributed by atoms with Crippen LogP contribution in [0.15, 0.2) is 29.2 Å². The molecule has 0 bridgehead atoms. The third-order valence-corrected chi connectivity index (χ3v) is 5.53. The predicted octanol–water partition coefficient (Wildman–Crippen LogP) is 2.37. The number of rotatable bonds is 2. The van der Waals surface area contributed by atoms with Gasteiger partial charge in [0.25, 0.3) is 0 Å². The van der Waals surface area contributed by atoms with Crippen LogP contribution in [0.5, 0.6) is 0 Å². The van der Waals surface area contributed by atoms with Crippen molar-refractivity contribution in [2.75, 3.05) is 19.6 Å². The summed E-state index contributed by atoms with van der Waals surface area (Å²) >= 11 is 2.06. The largest absolute Gasteiger partial charge is 0.327 e. The first-order valence-electron chi connectivity index (χ1n) is 6.95. The van der Waals surface area contributed by atoms with Gasteiger partial charge in [-0.25, -0.2) is 0 Å². The number of hydrogen-bond donors (Lipinski definition) is 1. The van der Waals surface area contributed by atoms with Crippen molar-refractivity contribution in [3.05, 3.63) is 29.8 Å². The van der Waals surface area contributed by atoms with Crippen molar-refractivity contribution >= 4 is 11.8 Å². The highest BCUT2D eigenvalue weighted by atomic mass is 32.2. The highest BCUT2D eigenvalue weighted by molar-refractivity contribution is 8.00. The minimum absolute atomic E-state index is 0.412. The van der Waals surface area contributed by atoms with Gasteiger partial charge >= 0.3 is 0 Å². The zero-order valence-corrected chi connectivity index (χ0v) is 11.8. The molecule has 3 heteroatoms. The van der Waals surface area contributed by atoms with E-state index >= 15 is 0 Å². The van der Waals surface area contributed by atoms with E-state index in [1.165, 1.54) is 36.5 Å². The molecule has 3 rings (SSSR count). The zero-order valence-electron chi connectivity index (χ0n) is 11.0. The topological polar surface area (TPSA) is 29.3 Å². The minimum Gasteiger partial charge on any atom is -0.327 e. The molecule has 1 aromatic carbocycles. The molecule has 3 atom stereocenters. The summed E-state index contributed by atoms with van der Waals surface area (Å²) in [5, 5.41) is 0.740. The maximum Gasteiger partial charge on any atom is 0.0263 e. The first-order chi connectivity index (χ1) is 8.72. The third-order valence-electron chi connectivity index (χ3n) is 4.23. The number of likely N-dealkylation sites (tertiary alicyclic amines) is 1. The first-order valence-corrected chi connectivity index (χ1v) is 7.83. The van der Waals surface area contributed by atoms with Gasteiger partial charge in [-0.1, -0.05) is 25.1 Å². The maximum absolute atomic E-state index is 6.09. The van der Waals surface area contributed by atoms with Crippen LogP contribution in [0.4, 0.5) is 0 Å². The molecule has 2 aliphatic heterocycles. The van der Waals surface area contributed by atoms with Crippen molar-refractivity contribution in [2.45, 2.75) is 36.0 Å². The van der Waals surface area contributed by atoms with Gasteiger partial charge in [0.15, 0.2) is 0 Å². The fourth-order valence-corrected chi connectivity index (χ4v) is 4.43. The Morgan fingerprint density at radius 3 is 3.00 bits per heavy atom. The number of nitrogens with zero attached hydrogens (tertiary/aromatic N) is 1. The molecule has 0 spiro atoms. The highest BCUT2D eigenvalue weighted by Gasteiger charge is 2.28. The Labute approximate surface area is 114 Å². The molecule has 0 aliphatic carbocycles. The second-order valence-electron chi connectivity index (χ2n) is 5.74. The van der Waals surface area contributed by atoms with Crippen LogP contribution in [0.1, 0.15) is 18.9 Å². The summed E-state index contributed by atoms with van der Waals surface area (Å²) < 4.78 is 0. The number of thioether (sulfide) groups is 1. The van der Waals surface area contributed by atoms with Crippen molar-refractivity contribution in [1.82, 2.24) is 4.90 Å². The van der Waals surface area contributed by atoms with Crippen LogP contribution in [0.2, 0.25) is 0 Å². The molecule has 98 valence electrons. The van der Waals surface area contributed by atoms with Crippen LogP contribution in [0.25, 0.3) is 0 Å². The van der Waals surface area contributed by atoms with E-state index < -0.39 is 0 Å². The van der Waals surface area contributed by atoms with Gasteiger partial charge in [0.2, 0.25) is 0 Å². The number of nitrogens with two attached hydrogens (primary N) is 1. The standard InChI is InChI=1S/C15H22N2S/c1-11-9-17(7-6-14(11)16)10-13-8-12-4-2-3-5-15(12)18-13/h2-5,11,13-14H,6-10,16H2,1H3. The molecule has 1 fully saturated rings. The van der Waals surface area contributed by atoms with E-state index in [-0.39, 0.29) is 0 Å². The second-order valence-corrected chi connectivity index (χ2v) is 7.08. The van der Waals surface area contributed by atoms with Crippen LogP contribution in [0.3, 0.4) is 0 Å². The van der Waals surface area contributed by atoms with Gasteiger partial charge < -0.3 is 10.6 Å². The van der Waals surface area contributed by atoms with Crippen molar-refractivity contribution in [2.24, 2.45) is 11.7 Å². The van der Waals surface area contributed by atoms with Gasteiger partial charge in [0.1, 0.15) is 0 Å². The normalized spacial score (nSPS) is 32.4. The summed E-state index contributed by atoms with van der Waals surface area (Å²) in [5.41, 5.74) is 7.62. The number of fused-ring (bicyclic) bond motifs is 1. The smallest absolute Gasteiger partial charge is 0.0263 e. The van der Waals surface area contributed by atoms with E-state index in [4.69, 9.17) is 5.73 Å². The fourth-order valence-electron chi connectivity index (χ4n) is 3.06. The van der Waals surface area contributed by atoms with Crippen molar-refractivity contribution in [3.63, 3.8) is 0 Å². The third kappa shape index (κ3) is 2.58. The fraction of sp³-hybridized carbons (Fsp3) is 0.600. The molecule has 2 aliphatic rings. The number of piperidine rings is 1. The minimum atomic E-state index is 0.412. The molecule has 2 nitrogen and oxygen atoms in total. The Balaban J connectivity index is 1.57. The van der Waals surface area contributed by atoms with Crippen molar-refractivity contribution < 1.29 is 0 Å². The molecular formula is C15H22N2S. The molecule has 0 radical (unpaired) electrons. The average Bonchev–Trinajstić information content (AvgIpc) is 2.76. The Morgan fingerprint density at radius 2 is 2.22 bits per heavy atom. The SMILES string of the molecule is CC1CN(CC2Cc3ccccc3S2)CCC1N. The lowest BCUT2D eigenvalue weighted by Gasteiger charge is -2.36. The monoisotopic (exact) mass is 262 g/mol. The zero-order chi connectivity index (χ0) is 12.5. The summed E-state index contributed by atoms with van der Waals surface area (Å²) in [4.78, 5) is 4.10. The maximum atomic E-state index is 6.09. The summed E-state index contributed by atoms with van der Waals surface area (Å²) in [6.45, 7) is 5.86. The lowest BCUT2D eigenvalue weighted by Crippen LogP contribution is -2.47. The van der Waals surface area contributed by atoms with Gasteiger partial charge in [0, 0.05) is 29.3 Å².